The van der Waals surface area contributed by atoms with E-state index in [-0.39, 0.29) is 5.91 Å². The lowest BCUT2D eigenvalue weighted by Crippen LogP contribution is -2.50. The van der Waals surface area contributed by atoms with E-state index in [0.29, 0.717) is 23.8 Å². The molecule has 2 aromatic rings. The van der Waals surface area contributed by atoms with Crippen molar-refractivity contribution in [3.8, 4) is 0 Å². The molecule has 0 radical (unpaired) electrons. The molecule has 1 saturated heterocycles. The van der Waals surface area contributed by atoms with Gasteiger partial charge in [0.15, 0.2) is 0 Å². The van der Waals surface area contributed by atoms with Gasteiger partial charge < -0.3 is 15.5 Å². The lowest BCUT2D eigenvalue weighted by atomic mass is 9.97. The van der Waals surface area contributed by atoms with Gasteiger partial charge in [-0.1, -0.05) is 29.8 Å². The molecule has 1 fully saturated rings. The molecule has 31 heavy (non-hydrogen) atoms. The van der Waals surface area contributed by atoms with Crippen LogP contribution >= 0.6 is 11.6 Å². The van der Waals surface area contributed by atoms with Crippen LogP contribution in [0, 0.1) is 0 Å². The predicted molar refractivity (Wildman–Crippen MR) is 125 cm³/mol. The summed E-state index contributed by atoms with van der Waals surface area (Å²) in [5.74, 6) is -0.536. The SMILES string of the molecule is CC(=O)N1CCc2cc(CC(C)N3CCN(c4ccccc4Cl)CC3)cc(C(N)=O)c21. The first-order chi connectivity index (χ1) is 14.8. The van der Waals surface area contributed by atoms with E-state index in [1.807, 2.05) is 24.3 Å². The number of carbonyl (C=O) groups is 2. The number of fused-ring (bicyclic) bond motifs is 1. The Morgan fingerprint density at radius 3 is 2.45 bits per heavy atom. The number of carbonyl (C=O) groups excluding carboxylic acids is 2. The summed E-state index contributed by atoms with van der Waals surface area (Å²) in [5.41, 5.74) is 10.1. The largest absolute Gasteiger partial charge is 0.368 e. The standard InChI is InChI=1S/C24H29ClN4O2/c1-16(27-9-11-28(12-10-27)22-6-4-3-5-21(22)25)13-18-14-19-7-8-29(17(2)30)23(19)20(15-18)24(26)31/h3-6,14-16H,7-13H2,1-2H3,(H2,26,31). The molecule has 2 aromatic carbocycles. The van der Waals surface area contributed by atoms with Gasteiger partial charge >= 0.3 is 0 Å². The van der Waals surface area contributed by atoms with E-state index in [4.69, 9.17) is 17.3 Å². The molecule has 4 rings (SSSR count). The van der Waals surface area contributed by atoms with Gasteiger partial charge in [-0.25, -0.2) is 0 Å². The highest BCUT2D eigenvalue weighted by Crippen LogP contribution is 2.34. The third kappa shape index (κ3) is 4.41. The van der Waals surface area contributed by atoms with Gasteiger partial charge in [-0.2, -0.15) is 0 Å². The zero-order valence-electron chi connectivity index (χ0n) is 18.1. The van der Waals surface area contributed by atoms with Crippen molar-refractivity contribution in [3.63, 3.8) is 0 Å². The van der Waals surface area contributed by atoms with E-state index in [9.17, 15) is 9.59 Å². The van der Waals surface area contributed by atoms with Crippen molar-refractivity contribution < 1.29 is 9.59 Å². The Morgan fingerprint density at radius 1 is 1.10 bits per heavy atom. The van der Waals surface area contributed by atoms with E-state index in [1.165, 1.54) is 6.92 Å². The number of hydrogen-bond donors (Lipinski definition) is 1. The number of anilines is 2. The molecule has 1 atom stereocenters. The molecule has 2 amide bonds. The van der Waals surface area contributed by atoms with Gasteiger partial charge in [0.05, 0.1) is 22.0 Å². The van der Waals surface area contributed by atoms with Crippen LogP contribution in [0.4, 0.5) is 11.4 Å². The fraction of sp³-hybridized carbons (Fsp3) is 0.417. The first-order valence-electron chi connectivity index (χ1n) is 10.8. The summed E-state index contributed by atoms with van der Waals surface area (Å²) in [6.07, 6.45) is 1.59. The van der Waals surface area contributed by atoms with Crippen LogP contribution in [0.25, 0.3) is 0 Å². The van der Waals surface area contributed by atoms with Crippen molar-refractivity contribution in [1.29, 1.82) is 0 Å². The van der Waals surface area contributed by atoms with E-state index in [2.05, 4.69) is 28.9 Å². The zero-order chi connectivity index (χ0) is 22.1. The number of primary amides is 1. The van der Waals surface area contributed by atoms with Crippen LogP contribution in [0.3, 0.4) is 0 Å². The number of amides is 2. The molecule has 2 heterocycles. The van der Waals surface area contributed by atoms with Crippen LogP contribution in [0.5, 0.6) is 0 Å². The highest BCUT2D eigenvalue weighted by molar-refractivity contribution is 6.33. The van der Waals surface area contributed by atoms with E-state index in [0.717, 1.165) is 60.9 Å². The van der Waals surface area contributed by atoms with Crippen molar-refractivity contribution in [2.45, 2.75) is 32.7 Å². The smallest absolute Gasteiger partial charge is 0.250 e. The second-order valence-corrected chi connectivity index (χ2v) is 8.87. The minimum atomic E-state index is -0.479. The van der Waals surface area contributed by atoms with Crippen molar-refractivity contribution in [2.75, 3.05) is 42.5 Å². The molecule has 0 spiro atoms. The Kier molecular flexibility index (Phi) is 6.21. The fourth-order valence-corrected chi connectivity index (χ4v) is 5.07. The topological polar surface area (TPSA) is 69.9 Å². The summed E-state index contributed by atoms with van der Waals surface area (Å²) in [6.45, 7) is 8.13. The molecule has 1 unspecified atom stereocenters. The zero-order valence-corrected chi connectivity index (χ0v) is 18.9. The number of para-hydroxylation sites is 1. The predicted octanol–water partition coefficient (Wildman–Crippen LogP) is 3.10. The molecule has 0 aliphatic carbocycles. The molecule has 164 valence electrons. The average Bonchev–Trinajstić information content (AvgIpc) is 3.18. The molecular formula is C24H29ClN4O2. The molecule has 6 nitrogen and oxygen atoms in total. The fourth-order valence-electron chi connectivity index (χ4n) is 4.82. The van der Waals surface area contributed by atoms with Crippen LogP contribution in [0.15, 0.2) is 36.4 Å². The van der Waals surface area contributed by atoms with Crippen LogP contribution in [-0.2, 0) is 17.6 Å². The van der Waals surface area contributed by atoms with E-state index in [1.54, 1.807) is 4.90 Å². The lowest BCUT2D eigenvalue weighted by Gasteiger charge is -2.39. The Hall–Kier alpha value is -2.57. The highest BCUT2D eigenvalue weighted by Gasteiger charge is 2.29. The summed E-state index contributed by atoms with van der Waals surface area (Å²) in [7, 11) is 0. The van der Waals surface area contributed by atoms with Crippen LogP contribution in [0.2, 0.25) is 5.02 Å². The normalized spacial score (nSPS) is 17.5. The molecule has 7 heteroatoms. The van der Waals surface area contributed by atoms with E-state index >= 15 is 0 Å². The molecule has 2 N–H and O–H groups in total. The van der Waals surface area contributed by atoms with Gasteiger partial charge in [-0.05, 0) is 49.1 Å². The summed E-state index contributed by atoms with van der Waals surface area (Å²) < 4.78 is 0. The summed E-state index contributed by atoms with van der Waals surface area (Å²) >= 11 is 6.36. The Balaban J connectivity index is 1.45. The molecule has 2 aliphatic rings. The third-order valence-corrected chi connectivity index (χ3v) is 6.75. The summed E-state index contributed by atoms with van der Waals surface area (Å²) in [6, 6.07) is 12.3. The van der Waals surface area contributed by atoms with Crippen molar-refractivity contribution in [3.05, 3.63) is 58.1 Å². The van der Waals surface area contributed by atoms with Crippen molar-refractivity contribution in [2.24, 2.45) is 5.73 Å². The van der Waals surface area contributed by atoms with Crippen LogP contribution in [-0.4, -0.2) is 55.5 Å². The first kappa shape index (κ1) is 21.7. The van der Waals surface area contributed by atoms with Gasteiger partial charge in [0.1, 0.15) is 0 Å². The van der Waals surface area contributed by atoms with Gasteiger partial charge in [0, 0.05) is 45.7 Å². The third-order valence-electron chi connectivity index (χ3n) is 6.43. The molecule has 0 aromatic heterocycles. The number of nitrogens with zero attached hydrogens (tertiary/aromatic N) is 3. The van der Waals surface area contributed by atoms with Crippen molar-refractivity contribution >= 4 is 34.8 Å². The quantitative estimate of drug-likeness (QED) is 0.775. The summed E-state index contributed by atoms with van der Waals surface area (Å²) in [4.78, 5) is 30.6. The minimum Gasteiger partial charge on any atom is -0.368 e. The van der Waals surface area contributed by atoms with Gasteiger partial charge in [-0.3, -0.25) is 14.5 Å². The number of nitrogens with two attached hydrogens (primary N) is 1. The number of rotatable bonds is 5. The van der Waals surface area contributed by atoms with Gasteiger partial charge in [0.2, 0.25) is 5.91 Å². The number of hydrogen-bond acceptors (Lipinski definition) is 4. The minimum absolute atomic E-state index is 0.0567. The van der Waals surface area contributed by atoms with Crippen LogP contribution < -0.4 is 15.5 Å². The number of benzene rings is 2. The maximum absolute atomic E-state index is 12.1. The Morgan fingerprint density at radius 2 is 1.81 bits per heavy atom. The molecule has 0 bridgehead atoms. The second kappa shape index (κ2) is 8.89. The second-order valence-electron chi connectivity index (χ2n) is 8.46. The monoisotopic (exact) mass is 440 g/mol. The number of piperazine rings is 1. The highest BCUT2D eigenvalue weighted by atomic mass is 35.5. The first-order valence-corrected chi connectivity index (χ1v) is 11.2. The molecule has 0 saturated carbocycles. The van der Waals surface area contributed by atoms with Gasteiger partial charge in [0.25, 0.3) is 5.91 Å². The lowest BCUT2D eigenvalue weighted by molar-refractivity contribution is -0.116. The number of halogens is 1. The summed E-state index contributed by atoms with van der Waals surface area (Å²) in [5, 5.41) is 0.792. The van der Waals surface area contributed by atoms with Crippen LogP contribution in [0.1, 0.15) is 35.3 Å². The Labute approximate surface area is 188 Å². The average molecular weight is 441 g/mol. The molecule has 2 aliphatic heterocycles. The van der Waals surface area contributed by atoms with E-state index < -0.39 is 5.91 Å². The molecular weight excluding hydrogens is 412 g/mol. The maximum atomic E-state index is 12.1. The Bertz CT molecular complexity index is 1000. The van der Waals surface area contributed by atoms with Gasteiger partial charge in [-0.15, -0.1) is 0 Å². The van der Waals surface area contributed by atoms with Crippen molar-refractivity contribution in [1.82, 2.24) is 4.90 Å². The maximum Gasteiger partial charge on any atom is 0.250 e.